The van der Waals surface area contributed by atoms with Crippen molar-refractivity contribution in [3.8, 4) is 11.5 Å². The van der Waals surface area contributed by atoms with Crippen LogP contribution >= 0.6 is 27.5 Å². The van der Waals surface area contributed by atoms with Crippen LogP contribution in [0.25, 0.3) is 0 Å². The van der Waals surface area contributed by atoms with Crippen LogP contribution in [0.4, 0.5) is 11.5 Å². The van der Waals surface area contributed by atoms with E-state index in [2.05, 4.69) is 20.9 Å². The molecule has 0 atom stereocenters. The maximum absolute atomic E-state index is 11.0. The molecule has 8 heteroatoms. The minimum atomic E-state index is -0.678. The van der Waals surface area contributed by atoms with Gasteiger partial charge in [-0.15, -0.1) is 0 Å². The molecule has 2 rings (SSSR count). The highest BCUT2D eigenvalue weighted by Crippen LogP contribution is 2.40. The lowest BCUT2D eigenvalue weighted by Gasteiger charge is -2.08. The topological polar surface area (TPSA) is 91.3 Å². The van der Waals surface area contributed by atoms with Gasteiger partial charge >= 0.3 is 5.69 Å². The molecule has 0 saturated heterocycles. The molecular weight excluding hydrogens is 337 g/mol. The normalized spacial score (nSPS) is 10.2. The van der Waals surface area contributed by atoms with Crippen molar-refractivity contribution in [3.05, 3.63) is 50.1 Å². The van der Waals surface area contributed by atoms with Gasteiger partial charge in [-0.05, 0) is 24.3 Å². The third-order valence-electron chi connectivity index (χ3n) is 2.21. The van der Waals surface area contributed by atoms with Gasteiger partial charge in [-0.2, -0.15) is 0 Å². The molecule has 19 heavy (non-hydrogen) atoms. The molecule has 0 aliphatic heterocycles. The van der Waals surface area contributed by atoms with Crippen molar-refractivity contribution in [2.75, 3.05) is 5.73 Å². The molecule has 98 valence electrons. The molecule has 1 aromatic carbocycles. The Morgan fingerprint density at radius 2 is 2.00 bits per heavy atom. The lowest BCUT2D eigenvalue weighted by molar-refractivity contribution is -0.384. The van der Waals surface area contributed by atoms with Gasteiger partial charge < -0.3 is 10.5 Å². The van der Waals surface area contributed by atoms with E-state index >= 15 is 0 Å². The maximum Gasteiger partial charge on any atom is 0.354 e. The van der Waals surface area contributed by atoms with Crippen LogP contribution in [0, 0.1) is 10.1 Å². The standard InChI is InChI=1S/C11H7BrClN3O3/c12-6-1-3-7(4-2-6)19-10-8(13)5-15-11(14)9(10)16(17)18/h1-5H,(H2,14,15). The van der Waals surface area contributed by atoms with Crippen LogP contribution in [0.3, 0.4) is 0 Å². The molecule has 0 aliphatic rings. The SMILES string of the molecule is Nc1ncc(Cl)c(Oc2ccc(Br)cc2)c1[N+](=O)[O-]. The molecule has 2 N–H and O–H groups in total. The lowest BCUT2D eigenvalue weighted by atomic mass is 10.3. The summed E-state index contributed by atoms with van der Waals surface area (Å²) in [5, 5.41) is 11.0. The van der Waals surface area contributed by atoms with E-state index in [1.807, 2.05) is 0 Å². The molecule has 1 aromatic heterocycles. The zero-order valence-corrected chi connectivity index (χ0v) is 11.7. The number of hydrogen-bond donors (Lipinski definition) is 1. The summed E-state index contributed by atoms with van der Waals surface area (Å²) in [4.78, 5) is 13.9. The van der Waals surface area contributed by atoms with Gasteiger partial charge in [0, 0.05) is 4.47 Å². The first-order chi connectivity index (χ1) is 8.99. The lowest BCUT2D eigenvalue weighted by Crippen LogP contribution is -2.01. The van der Waals surface area contributed by atoms with E-state index in [4.69, 9.17) is 22.1 Å². The second-order valence-electron chi connectivity index (χ2n) is 3.48. The van der Waals surface area contributed by atoms with E-state index in [1.165, 1.54) is 6.20 Å². The number of nitro groups is 1. The molecule has 0 amide bonds. The molecular formula is C11H7BrClN3O3. The number of nitrogens with zero attached hydrogens (tertiary/aromatic N) is 2. The van der Waals surface area contributed by atoms with Crippen molar-refractivity contribution in [2.45, 2.75) is 0 Å². The molecule has 2 aromatic rings. The number of nitrogens with two attached hydrogens (primary N) is 1. The Morgan fingerprint density at radius 3 is 2.58 bits per heavy atom. The molecule has 0 spiro atoms. The summed E-state index contributed by atoms with van der Waals surface area (Å²) in [5.74, 6) is 0.0294. The zero-order valence-electron chi connectivity index (χ0n) is 9.34. The number of nitrogen functional groups attached to an aromatic ring is 1. The van der Waals surface area contributed by atoms with Crippen LogP contribution in [0.2, 0.25) is 5.02 Å². The Hall–Kier alpha value is -1.86. The highest BCUT2D eigenvalue weighted by Gasteiger charge is 2.24. The largest absolute Gasteiger partial charge is 0.448 e. The van der Waals surface area contributed by atoms with Gasteiger partial charge in [0.25, 0.3) is 0 Å². The smallest absolute Gasteiger partial charge is 0.354 e. The summed E-state index contributed by atoms with van der Waals surface area (Å²) in [6.07, 6.45) is 1.21. The Bertz CT molecular complexity index is 634. The van der Waals surface area contributed by atoms with Crippen molar-refractivity contribution in [2.24, 2.45) is 0 Å². The van der Waals surface area contributed by atoms with E-state index < -0.39 is 10.6 Å². The van der Waals surface area contributed by atoms with Gasteiger partial charge in [0.05, 0.1) is 11.1 Å². The van der Waals surface area contributed by atoms with Crippen molar-refractivity contribution in [1.82, 2.24) is 4.98 Å². The van der Waals surface area contributed by atoms with Crippen LogP contribution in [-0.4, -0.2) is 9.91 Å². The average molecular weight is 345 g/mol. The summed E-state index contributed by atoms with van der Waals surface area (Å²) >= 11 is 9.14. The number of hydrogen-bond acceptors (Lipinski definition) is 5. The predicted molar refractivity (Wildman–Crippen MR) is 74.5 cm³/mol. The highest BCUT2D eigenvalue weighted by atomic mass is 79.9. The van der Waals surface area contributed by atoms with Gasteiger partial charge in [0.2, 0.25) is 11.6 Å². The van der Waals surface area contributed by atoms with Crippen LogP contribution in [0.15, 0.2) is 34.9 Å². The molecule has 0 saturated carbocycles. The molecule has 0 aliphatic carbocycles. The fourth-order valence-corrected chi connectivity index (χ4v) is 1.81. The van der Waals surface area contributed by atoms with E-state index in [0.29, 0.717) is 5.75 Å². The van der Waals surface area contributed by atoms with E-state index in [0.717, 1.165) is 4.47 Å². The van der Waals surface area contributed by atoms with Gasteiger partial charge in [-0.25, -0.2) is 4.98 Å². The molecule has 0 fully saturated rings. The monoisotopic (exact) mass is 343 g/mol. The first-order valence-electron chi connectivity index (χ1n) is 5.01. The second kappa shape index (κ2) is 5.41. The van der Waals surface area contributed by atoms with Crippen LogP contribution in [0.5, 0.6) is 11.5 Å². The number of benzene rings is 1. The van der Waals surface area contributed by atoms with Crippen molar-refractivity contribution in [1.29, 1.82) is 0 Å². The van der Waals surface area contributed by atoms with Gasteiger partial charge in [0.1, 0.15) is 10.8 Å². The molecule has 0 bridgehead atoms. The first-order valence-corrected chi connectivity index (χ1v) is 6.18. The molecule has 0 unspecified atom stereocenters. The van der Waals surface area contributed by atoms with E-state index in [1.54, 1.807) is 24.3 Å². The van der Waals surface area contributed by atoms with E-state index in [9.17, 15) is 10.1 Å². The second-order valence-corrected chi connectivity index (χ2v) is 4.81. The fraction of sp³-hybridized carbons (Fsp3) is 0. The van der Waals surface area contributed by atoms with Gasteiger partial charge in [-0.1, -0.05) is 27.5 Å². The average Bonchev–Trinajstić information content (AvgIpc) is 2.36. The molecule has 1 heterocycles. The van der Waals surface area contributed by atoms with Crippen molar-refractivity contribution >= 4 is 39.0 Å². The quantitative estimate of drug-likeness (QED) is 0.676. The minimum absolute atomic E-state index is 0.0174. The summed E-state index contributed by atoms with van der Waals surface area (Å²) in [6.45, 7) is 0. The summed E-state index contributed by atoms with van der Waals surface area (Å²) in [5.41, 5.74) is 5.02. The molecule has 6 nitrogen and oxygen atoms in total. The Kier molecular flexibility index (Phi) is 3.87. The first kappa shape index (κ1) is 13.6. The number of aromatic nitrogens is 1. The highest BCUT2D eigenvalue weighted by molar-refractivity contribution is 9.10. The number of ether oxygens (including phenoxy) is 1. The summed E-state index contributed by atoms with van der Waals surface area (Å²) < 4.78 is 6.28. The third kappa shape index (κ3) is 2.94. The maximum atomic E-state index is 11.0. The third-order valence-corrected chi connectivity index (χ3v) is 3.01. The fourth-order valence-electron chi connectivity index (χ4n) is 1.37. The van der Waals surface area contributed by atoms with Crippen LogP contribution in [0.1, 0.15) is 0 Å². The predicted octanol–water partition coefficient (Wildman–Crippen LogP) is 3.78. The van der Waals surface area contributed by atoms with Gasteiger partial charge in [0.15, 0.2) is 0 Å². The number of rotatable bonds is 3. The minimum Gasteiger partial charge on any atom is -0.448 e. The zero-order chi connectivity index (χ0) is 14.0. The number of anilines is 1. The summed E-state index contributed by atoms with van der Waals surface area (Å²) in [6, 6.07) is 6.75. The number of halogens is 2. The Balaban J connectivity index is 2.47. The van der Waals surface area contributed by atoms with E-state index in [-0.39, 0.29) is 16.6 Å². The number of pyridine rings is 1. The van der Waals surface area contributed by atoms with Gasteiger partial charge in [-0.3, -0.25) is 10.1 Å². The van der Waals surface area contributed by atoms with Crippen LogP contribution < -0.4 is 10.5 Å². The molecule has 0 radical (unpaired) electrons. The summed E-state index contributed by atoms with van der Waals surface area (Å²) in [7, 11) is 0. The Labute approximate surface area is 121 Å². The van der Waals surface area contributed by atoms with Crippen molar-refractivity contribution in [3.63, 3.8) is 0 Å². The Morgan fingerprint density at radius 1 is 1.37 bits per heavy atom. The van der Waals surface area contributed by atoms with Crippen molar-refractivity contribution < 1.29 is 9.66 Å². The van der Waals surface area contributed by atoms with Crippen LogP contribution in [-0.2, 0) is 0 Å².